The van der Waals surface area contributed by atoms with Crippen molar-refractivity contribution in [2.24, 2.45) is 43.3 Å². The van der Waals surface area contributed by atoms with E-state index in [0.29, 0.717) is 127 Å². The molecule has 0 fully saturated rings. The maximum Gasteiger partial charge on any atom is 0.264 e. The zero-order chi connectivity index (χ0) is 101. The van der Waals surface area contributed by atoms with Crippen LogP contribution in [0.5, 0.6) is 0 Å². The summed E-state index contributed by atoms with van der Waals surface area (Å²) in [5.74, 6) is -0.959. The van der Waals surface area contributed by atoms with Crippen LogP contribution in [0.4, 0.5) is 0 Å². The molecular formula is C96H138B8N24O3. The molecule has 0 aliphatic carbocycles. The summed E-state index contributed by atoms with van der Waals surface area (Å²) in [7, 11) is 44.2. The van der Waals surface area contributed by atoms with Crippen molar-refractivity contribution in [3.05, 3.63) is 242 Å². The van der Waals surface area contributed by atoms with Gasteiger partial charge in [0.2, 0.25) is 69.8 Å². The van der Waals surface area contributed by atoms with Crippen LogP contribution in [0.15, 0.2) is 152 Å². The minimum atomic E-state index is -0.336. The van der Waals surface area contributed by atoms with Crippen LogP contribution < -0.4 is 0 Å². The fourth-order valence-electron chi connectivity index (χ4n) is 8.98. The molecule has 16 radical (unpaired) electrons. The second kappa shape index (κ2) is 51.3. The standard InChI is InChI=1S/3C7H4BN3O.5C7H6BN3.8C5H12/c2*1-4-5-2-9-3-10-6(5)7(12)11(4)8;1-4-5-2-9-10-3-6(5)7(12)11(4)8;2*1-5-6-2-9-4-10-7(6)3-11(5)8;1-5-7-3-10-9-2-6(7)4-11(5)8;1-5-7-6(3-11(5)8)2-9-4-10-7;1-5-7-6(4-11(5)8)2-3-9-10-7;8*1-5(2,3)4/h3*2-3H,1H2;2*2,4H,1,3H2;2-3H,1,4H2;2,4H,1,3H2;2-3H,1,4H2;8*1-4H3. The first-order valence-electron chi connectivity index (χ1n) is 42.4. The summed E-state index contributed by atoms with van der Waals surface area (Å²) in [4.78, 5) is 83.6. The Morgan fingerprint density at radius 1 is 0.244 bits per heavy atom. The van der Waals surface area contributed by atoms with Crippen molar-refractivity contribution in [2.75, 3.05) is 0 Å². The van der Waals surface area contributed by atoms with Crippen molar-refractivity contribution >= 4 is 127 Å². The molecule has 27 nitrogen and oxygen atoms in total. The Bertz CT molecular complexity index is 4330. The Kier molecular flexibility index (Phi) is 46.0. The first-order valence-corrected chi connectivity index (χ1v) is 42.4. The summed E-state index contributed by atoms with van der Waals surface area (Å²) >= 11 is 0. The average Bonchev–Trinajstić information content (AvgIpc) is 1.64. The van der Waals surface area contributed by atoms with E-state index < -0.39 is 0 Å². The van der Waals surface area contributed by atoms with Crippen molar-refractivity contribution in [2.45, 2.75) is 254 Å². The second-order valence-electron chi connectivity index (χ2n) is 43.6. The molecule has 0 unspecified atom stereocenters. The Hall–Kier alpha value is -11.5. The molecule has 16 rings (SSSR count). The van der Waals surface area contributed by atoms with E-state index in [4.69, 9.17) is 63.8 Å². The van der Waals surface area contributed by atoms with E-state index in [1.165, 1.54) is 56.4 Å². The van der Waals surface area contributed by atoms with Crippen LogP contribution in [0.25, 0.3) is 45.6 Å². The first-order chi connectivity index (χ1) is 59.6. The highest BCUT2D eigenvalue weighted by molar-refractivity contribution is 6.28. The number of aromatic nitrogens is 16. The Balaban J connectivity index is 0.000000709. The number of amides is 3. The molecule has 0 atom stereocenters. The minimum Gasteiger partial charge on any atom is -0.421 e. The molecule has 684 valence electrons. The highest BCUT2D eigenvalue weighted by Gasteiger charge is 2.32. The van der Waals surface area contributed by atoms with Gasteiger partial charge in [-0.2, -0.15) is 25.5 Å². The van der Waals surface area contributed by atoms with Crippen LogP contribution in [0.3, 0.4) is 0 Å². The molecule has 3 amide bonds. The molecule has 0 saturated carbocycles. The van der Waals surface area contributed by atoms with E-state index in [9.17, 15) is 14.4 Å². The molecule has 0 saturated heterocycles. The lowest BCUT2D eigenvalue weighted by Gasteiger charge is -2.10. The molecule has 0 bridgehead atoms. The molecule has 0 aromatic carbocycles. The lowest BCUT2D eigenvalue weighted by Crippen LogP contribution is -2.18. The number of rotatable bonds is 0. The number of hydrogen-bond donors (Lipinski definition) is 0. The molecule has 8 aliphatic rings. The van der Waals surface area contributed by atoms with Crippen LogP contribution in [0.2, 0.25) is 0 Å². The van der Waals surface area contributed by atoms with Crippen LogP contribution >= 0.6 is 0 Å². The van der Waals surface area contributed by atoms with Crippen LogP contribution in [0.1, 0.15) is 326 Å². The van der Waals surface area contributed by atoms with Gasteiger partial charge in [-0.15, -0.1) is 5.10 Å². The predicted molar refractivity (Wildman–Crippen MR) is 542 cm³/mol. The Labute approximate surface area is 795 Å². The first kappa shape index (κ1) is 117. The molecule has 8 aliphatic heterocycles. The molecule has 8 aromatic heterocycles. The van der Waals surface area contributed by atoms with E-state index >= 15 is 0 Å². The molecule has 131 heavy (non-hydrogen) atoms. The van der Waals surface area contributed by atoms with Gasteiger partial charge in [0.05, 0.1) is 47.4 Å². The highest BCUT2D eigenvalue weighted by atomic mass is 16.2. The summed E-state index contributed by atoms with van der Waals surface area (Å²) in [6.07, 6.45) is 23.4. The average molecular weight is 1760 g/mol. The number of fused-ring (bicyclic) bond motifs is 8. The molecule has 0 N–H and O–H groups in total. The summed E-state index contributed by atoms with van der Waals surface area (Å²) in [6, 6.07) is 1.90. The fraction of sp³-hybridized carbons (Fsp3) is 0.469. The zero-order valence-electron chi connectivity index (χ0n) is 84.5. The van der Waals surface area contributed by atoms with Crippen LogP contribution in [-0.4, -0.2) is 200 Å². The van der Waals surface area contributed by atoms with Gasteiger partial charge in [0.25, 0.3) is 11.8 Å². The number of carbonyl (C=O) groups is 3. The monoisotopic (exact) mass is 1760 g/mol. The normalized spacial score (nSPS) is 14.2. The lowest BCUT2D eigenvalue weighted by molar-refractivity contribution is 0.0905. The van der Waals surface area contributed by atoms with Crippen molar-refractivity contribution < 1.29 is 14.4 Å². The topological polar surface area (TPSA) is 283 Å². The van der Waals surface area contributed by atoms with Gasteiger partial charge in [-0.1, -0.05) is 274 Å². The van der Waals surface area contributed by atoms with E-state index in [1.54, 1.807) is 61.2 Å². The lowest BCUT2D eigenvalue weighted by atomic mass is 10.0. The van der Waals surface area contributed by atoms with E-state index in [-0.39, 0.29) is 17.7 Å². The quantitative estimate of drug-likeness (QED) is 0.127. The van der Waals surface area contributed by atoms with Crippen molar-refractivity contribution in [3.63, 3.8) is 0 Å². The third-order valence-corrected chi connectivity index (χ3v) is 14.1. The van der Waals surface area contributed by atoms with Gasteiger partial charge in [-0.25, -0.2) is 49.8 Å². The molecule has 35 heteroatoms. The minimum absolute atomic E-state index is 0.287. The number of hydrogen-bond acceptors (Lipinski definition) is 24. The van der Waals surface area contributed by atoms with Gasteiger partial charge in [0.1, 0.15) is 48.7 Å². The maximum atomic E-state index is 11.3. The predicted octanol–water partition coefficient (Wildman–Crippen LogP) is 18.1. The fourth-order valence-corrected chi connectivity index (χ4v) is 8.98. The largest absolute Gasteiger partial charge is 0.421 e. The van der Waals surface area contributed by atoms with Crippen molar-refractivity contribution in [1.29, 1.82) is 0 Å². The summed E-state index contributed by atoms with van der Waals surface area (Å²) < 4.78 is 0. The third-order valence-electron chi connectivity index (χ3n) is 14.1. The summed E-state index contributed by atoms with van der Waals surface area (Å²) in [5.41, 5.74) is 21.9. The maximum absolute atomic E-state index is 11.3. The zero-order valence-corrected chi connectivity index (χ0v) is 84.5. The van der Waals surface area contributed by atoms with Gasteiger partial charge < -0.3 is 38.5 Å². The van der Waals surface area contributed by atoms with Gasteiger partial charge in [0, 0.05) is 166 Å². The Morgan fingerprint density at radius 3 is 0.832 bits per heavy atom. The SMILES string of the molecule is CC(C)(C)C.CC(C)(C)C.CC(C)(C)C.CC(C)(C)C.CC(C)(C)C.CC(C)(C)C.CC(C)(C)C.CC(C)(C)C.[B]N1C(=C)c2cncnc2C1=O.[B]N1C(=C)c2cncnc2C1=O.[B]N1C(=C)c2cnncc2C1=O.[B]N1Cc2ccnnc2C1=C.[B]N1Cc2cncnc2C1=C.[B]N1Cc2cnncc2C1=C.[B]N1Cc2ncncc2C1=C.[B]N1Cc2ncncc2C1=C. The molecule has 0 spiro atoms. The second-order valence-corrected chi connectivity index (χ2v) is 43.6. The van der Waals surface area contributed by atoms with E-state index in [0.717, 1.165) is 99.1 Å². The summed E-state index contributed by atoms with van der Waals surface area (Å²) in [6.45, 7) is 103. The van der Waals surface area contributed by atoms with Crippen molar-refractivity contribution in [1.82, 2.24) is 119 Å². The molecule has 16 heterocycles. The van der Waals surface area contributed by atoms with E-state index in [2.05, 4.69) is 355 Å². The molecular weight excluding hydrogens is 1620 g/mol. The van der Waals surface area contributed by atoms with Crippen molar-refractivity contribution in [3.8, 4) is 0 Å². The van der Waals surface area contributed by atoms with Gasteiger partial charge in [-0.3, -0.25) is 14.4 Å². The van der Waals surface area contributed by atoms with E-state index in [1.807, 2.05) is 6.07 Å². The Morgan fingerprint density at radius 2 is 0.504 bits per heavy atom. The summed E-state index contributed by atoms with van der Waals surface area (Å²) in [5, 5.41) is 22.4. The number of nitrogens with zero attached hydrogens (tertiary/aromatic N) is 24. The van der Waals surface area contributed by atoms with Gasteiger partial charge in [-0.05, 0) is 49.4 Å². The highest BCUT2D eigenvalue weighted by Crippen LogP contribution is 2.33. The van der Waals surface area contributed by atoms with Gasteiger partial charge in [0.15, 0.2) is 0 Å². The smallest absolute Gasteiger partial charge is 0.264 e. The molecule has 8 aromatic rings. The van der Waals surface area contributed by atoms with Crippen LogP contribution in [-0.2, 0) is 32.7 Å². The van der Waals surface area contributed by atoms with Gasteiger partial charge >= 0.3 is 0 Å². The van der Waals surface area contributed by atoms with Crippen LogP contribution in [0, 0.1) is 43.3 Å². The third kappa shape index (κ3) is 47.2. The number of carbonyl (C=O) groups excluding carboxylic acids is 3.